The second kappa shape index (κ2) is 7.68. The van der Waals surface area contributed by atoms with Gasteiger partial charge in [-0.3, -0.25) is 0 Å². The molecule has 22 heavy (non-hydrogen) atoms. The zero-order valence-corrected chi connectivity index (χ0v) is 13.9. The molecule has 0 bridgehead atoms. The number of carbonyl (C=O) groups excluding carboxylic acids is 2. The van der Waals surface area contributed by atoms with Crippen molar-refractivity contribution in [3.8, 4) is 0 Å². The number of ether oxygens (including phenoxy) is 1. The van der Waals surface area contributed by atoms with Crippen LogP contribution in [0.1, 0.15) is 31.9 Å². The zero-order chi connectivity index (χ0) is 16.8. The molecule has 0 aliphatic heterocycles. The summed E-state index contributed by atoms with van der Waals surface area (Å²) in [5.74, 6) is 0. The van der Waals surface area contributed by atoms with Crippen molar-refractivity contribution in [3.63, 3.8) is 0 Å². The molecule has 1 rings (SSSR count). The standard InChI is InChI=1S/C16H25N3O3/c1-11-6-7-13(12(2)10-11)19-14(20)17-8-9-18-15(21)22-16(3,4)5/h6-7,10H,8-9H2,1-5H3,(H,18,21)(H2,17,19,20). The predicted octanol–water partition coefficient (Wildman–Crippen LogP) is 2.95. The highest BCUT2D eigenvalue weighted by Gasteiger charge is 2.15. The van der Waals surface area contributed by atoms with Gasteiger partial charge in [-0.15, -0.1) is 0 Å². The van der Waals surface area contributed by atoms with E-state index in [0.29, 0.717) is 13.1 Å². The molecule has 3 N–H and O–H groups in total. The van der Waals surface area contributed by atoms with Gasteiger partial charge >= 0.3 is 12.1 Å². The summed E-state index contributed by atoms with van der Waals surface area (Å²) in [6.07, 6.45) is -0.496. The molecule has 0 atom stereocenters. The summed E-state index contributed by atoms with van der Waals surface area (Å²) in [5, 5.41) is 8.01. The van der Waals surface area contributed by atoms with Gasteiger partial charge in [0.05, 0.1) is 0 Å². The molecule has 0 saturated heterocycles. The lowest BCUT2D eigenvalue weighted by atomic mass is 10.1. The fraction of sp³-hybridized carbons (Fsp3) is 0.500. The number of rotatable bonds is 4. The van der Waals surface area contributed by atoms with Gasteiger partial charge in [0.15, 0.2) is 0 Å². The van der Waals surface area contributed by atoms with E-state index in [-0.39, 0.29) is 6.03 Å². The molecule has 3 amide bonds. The van der Waals surface area contributed by atoms with Crippen molar-refractivity contribution in [2.75, 3.05) is 18.4 Å². The van der Waals surface area contributed by atoms with E-state index in [1.165, 1.54) is 0 Å². The lowest BCUT2D eigenvalue weighted by molar-refractivity contribution is 0.0528. The summed E-state index contributed by atoms with van der Waals surface area (Å²) in [6.45, 7) is 9.93. The van der Waals surface area contributed by atoms with Crippen molar-refractivity contribution in [3.05, 3.63) is 29.3 Å². The third kappa shape index (κ3) is 6.97. The van der Waals surface area contributed by atoms with E-state index in [4.69, 9.17) is 4.74 Å². The van der Waals surface area contributed by atoms with Crippen LogP contribution in [0.4, 0.5) is 15.3 Å². The minimum Gasteiger partial charge on any atom is -0.444 e. The van der Waals surface area contributed by atoms with Gasteiger partial charge in [0, 0.05) is 18.8 Å². The van der Waals surface area contributed by atoms with E-state index in [1.54, 1.807) is 20.8 Å². The summed E-state index contributed by atoms with van der Waals surface area (Å²) in [5.41, 5.74) is 2.38. The van der Waals surface area contributed by atoms with E-state index < -0.39 is 11.7 Å². The Balaban J connectivity index is 2.28. The average Bonchev–Trinajstić information content (AvgIpc) is 2.36. The molecule has 0 saturated carbocycles. The largest absolute Gasteiger partial charge is 0.444 e. The number of carbonyl (C=O) groups is 2. The minimum absolute atomic E-state index is 0.301. The minimum atomic E-state index is -0.530. The van der Waals surface area contributed by atoms with Gasteiger partial charge in [0.1, 0.15) is 5.60 Å². The molecule has 122 valence electrons. The van der Waals surface area contributed by atoms with Crippen LogP contribution >= 0.6 is 0 Å². The number of anilines is 1. The van der Waals surface area contributed by atoms with E-state index in [0.717, 1.165) is 16.8 Å². The maximum Gasteiger partial charge on any atom is 0.407 e. The van der Waals surface area contributed by atoms with Gasteiger partial charge in [-0.1, -0.05) is 17.7 Å². The Hall–Kier alpha value is -2.24. The maximum atomic E-state index is 11.8. The molecule has 0 spiro atoms. The molecule has 0 aliphatic rings. The lowest BCUT2D eigenvalue weighted by Crippen LogP contribution is -2.39. The van der Waals surface area contributed by atoms with Crippen LogP contribution in [0.5, 0.6) is 0 Å². The second-order valence-corrected chi connectivity index (χ2v) is 6.13. The molecule has 6 nitrogen and oxygen atoms in total. The molecule has 0 radical (unpaired) electrons. The van der Waals surface area contributed by atoms with Crippen molar-refractivity contribution in [1.82, 2.24) is 10.6 Å². The fourth-order valence-electron chi connectivity index (χ4n) is 1.78. The fourth-order valence-corrected chi connectivity index (χ4v) is 1.78. The highest BCUT2D eigenvalue weighted by Crippen LogP contribution is 2.15. The van der Waals surface area contributed by atoms with E-state index >= 15 is 0 Å². The Bertz CT molecular complexity index is 536. The molecule has 1 aromatic carbocycles. The number of aryl methyl sites for hydroxylation is 2. The molecule has 0 fully saturated rings. The van der Waals surface area contributed by atoms with E-state index in [1.807, 2.05) is 32.0 Å². The van der Waals surface area contributed by atoms with Gasteiger partial charge in [-0.25, -0.2) is 9.59 Å². The van der Waals surface area contributed by atoms with Crippen molar-refractivity contribution in [1.29, 1.82) is 0 Å². The summed E-state index contributed by atoms with van der Waals surface area (Å²) in [7, 11) is 0. The summed E-state index contributed by atoms with van der Waals surface area (Å²) >= 11 is 0. The van der Waals surface area contributed by atoms with Crippen LogP contribution in [0.25, 0.3) is 0 Å². The topological polar surface area (TPSA) is 79.5 Å². The van der Waals surface area contributed by atoms with Crippen LogP contribution in [0.15, 0.2) is 18.2 Å². The normalized spacial score (nSPS) is 10.8. The molecule has 0 unspecified atom stereocenters. The Morgan fingerprint density at radius 3 is 2.32 bits per heavy atom. The zero-order valence-electron chi connectivity index (χ0n) is 13.9. The second-order valence-electron chi connectivity index (χ2n) is 6.13. The van der Waals surface area contributed by atoms with Crippen LogP contribution in [-0.2, 0) is 4.74 Å². The number of benzene rings is 1. The predicted molar refractivity (Wildman–Crippen MR) is 87.2 cm³/mol. The van der Waals surface area contributed by atoms with Gasteiger partial charge in [0.2, 0.25) is 0 Å². The van der Waals surface area contributed by atoms with Crippen LogP contribution < -0.4 is 16.0 Å². The number of hydrogen-bond donors (Lipinski definition) is 3. The van der Waals surface area contributed by atoms with Gasteiger partial charge < -0.3 is 20.7 Å². The van der Waals surface area contributed by atoms with Crippen LogP contribution in [0, 0.1) is 13.8 Å². The number of nitrogens with one attached hydrogen (secondary N) is 3. The number of hydrogen-bond acceptors (Lipinski definition) is 3. The van der Waals surface area contributed by atoms with Crippen molar-refractivity contribution in [2.45, 2.75) is 40.2 Å². The maximum absolute atomic E-state index is 11.8. The first-order valence-corrected chi connectivity index (χ1v) is 7.26. The monoisotopic (exact) mass is 307 g/mol. The third-order valence-electron chi connectivity index (χ3n) is 2.71. The Morgan fingerprint density at radius 1 is 1.09 bits per heavy atom. The van der Waals surface area contributed by atoms with Gasteiger partial charge in [-0.05, 0) is 46.2 Å². The Morgan fingerprint density at radius 2 is 1.73 bits per heavy atom. The van der Waals surface area contributed by atoms with Crippen LogP contribution in [0.3, 0.4) is 0 Å². The average molecular weight is 307 g/mol. The highest BCUT2D eigenvalue weighted by atomic mass is 16.6. The number of urea groups is 1. The summed E-state index contributed by atoms with van der Waals surface area (Å²) in [4.78, 5) is 23.2. The van der Waals surface area contributed by atoms with Crippen molar-refractivity contribution in [2.24, 2.45) is 0 Å². The summed E-state index contributed by atoms with van der Waals surface area (Å²) < 4.78 is 5.09. The first-order chi connectivity index (χ1) is 10.2. The molecule has 6 heteroatoms. The van der Waals surface area contributed by atoms with Crippen molar-refractivity contribution >= 4 is 17.8 Å². The number of alkyl carbamates (subject to hydrolysis) is 1. The van der Waals surface area contributed by atoms with Crippen LogP contribution in [-0.4, -0.2) is 30.8 Å². The Kier molecular flexibility index (Phi) is 6.22. The van der Waals surface area contributed by atoms with Crippen LogP contribution in [0.2, 0.25) is 0 Å². The summed E-state index contributed by atoms with van der Waals surface area (Å²) in [6, 6.07) is 5.49. The van der Waals surface area contributed by atoms with Crippen molar-refractivity contribution < 1.29 is 14.3 Å². The quantitative estimate of drug-likeness (QED) is 0.748. The molecular weight excluding hydrogens is 282 g/mol. The number of amides is 3. The SMILES string of the molecule is Cc1ccc(NC(=O)NCCNC(=O)OC(C)(C)C)c(C)c1. The Labute approximate surface area is 131 Å². The van der Waals surface area contributed by atoms with E-state index in [9.17, 15) is 9.59 Å². The van der Waals surface area contributed by atoms with Gasteiger partial charge in [-0.2, -0.15) is 0 Å². The van der Waals surface area contributed by atoms with E-state index in [2.05, 4.69) is 16.0 Å². The smallest absolute Gasteiger partial charge is 0.407 e. The lowest BCUT2D eigenvalue weighted by Gasteiger charge is -2.19. The molecule has 0 heterocycles. The first kappa shape index (κ1) is 17.8. The third-order valence-corrected chi connectivity index (χ3v) is 2.71. The molecule has 0 aliphatic carbocycles. The molecular formula is C16H25N3O3. The molecule has 1 aromatic rings. The highest BCUT2D eigenvalue weighted by molar-refractivity contribution is 5.90. The molecule has 0 aromatic heterocycles. The van der Waals surface area contributed by atoms with Gasteiger partial charge in [0.25, 0.3) is 0 Å². The first-order valence-electron chi connectivity index (χ1n) is 7.26.